The summed E-state index contributed by atoms with van der Waals surface area (Å²) < 4.78 is 5.04. The van der Waals surface area contributed by atoms with Gasteiger partial charge in [0, 0.05) is 26.6 Å². The van der Waals surface area contributed by atoms with Gasteiger partial charge in [0.25, 0.3) is 0 Å². The van der Waals surface area contributed by atoms with Crippen molar-refractivity contribution >= 4 is 5.95 Å². The van der Waals surface area contributed by atoms with Gasteiger partial charge in [0.15, 0.2) is 0 Å². The minimum Gasteiger partial charge on any atom is -0.384 e. The number of ether oxygens (including phenoxy) is 1. The maximum absolute atomic E-state index is 5.04. The molecule has 1 aromatic rings. The summed E-state index contributed by atoms with van der Waals surface area (Å²) >= 11 is 0. The van der Waals surface area contributed by atoms with Crippen molar-refractivity contribution in [3.63, 3.8) is 0 Å². The van der Waals surface area contributed by atoms with Crippen LogP contribution < -0.4 is 10.2 Å². The Morgan fingerprint density at radius 3 is 3.22 bits per heavy atom. The molecule has 1 fully saturated rings. The van der Waals surface area contributed by atoms with E-state index in [2.05, 4.69) is 25.4 Å². The van der Waals surface area contributed by atoms with Crippen molar-refractivity contribution in [3.05, 3.63) is 5.82 Å². The Labute approximate surface area is 108 Å². The fourth-order valence-corrected chi connectivity index (χ4v) is 2.44. The van der Waals surface area contributed by atoms with Crippen LogP contribution in [0, 0.1) is 5.92 Å². The number of methoxy groups -OCH3 is 1. The van der Waals surface area contributed by atoms with Gasteiger partial charge < -0.3 is 15.0 Å². The van der Waals surface area contributed by atoms with E-state index in [1.807, 2.05) is 7.05 Å². The van der Waals surface area contributed by atoms with Crippen molar-refractivity contribution in [1.82, 2.24) is 20.5 Å². The third-order valence-electron chi connectivity index (χ3n) is 3.36. The van der Waals surface area contributed by atoms with Gasteiger partial charge >= 0.3 is 0 Å². The van der Waals surface area contributed by atoms with Gasteiger partial charge in [0.05, 0.1) is 6.61 Å². The average molecular weight is 253 g/mol. The summed E-state index contributed by atoms with van der Waals surface area (Å²) in [6.45, 7) is 3.85. The lowest BCUT2D eigenvalue weighted by Gasteiger charge is -2.31. The molecule has 102 valence electrons. The van der Waals surface area contributed by atoms with Crippen LogP contribution in [0.1, 0.15) is 18.7 Å². The second-order valence-electron chi connectivity index (χ2n) is 4.84. The lowest BCUT2D eigenvalue weighted by atomic mass is 9.98. The average Bonchev–Trinajstić information content (AvgIpc) is 2.86. The third-order valence-corrected chi connectivity index (χ3v) is 3.36. The van der Waals surface area contributed by atoms with Crippen molar-refractivity contribution in [2.75, 3.05) is 45.3 Å². The second kappa shape index (κ2) is 6.70. The predicted octanol–water partition coefficient (Wildman–Crippen LogP) is 0.429. The van der Waals surface area contributed by atoms with Gasteiger partial charge in [-0.3, -0.25) is 5.10 Å². The molecular formula is C12H23N5O. The maximum Gasteiger partial charge on any atom is 0.244 e. The first kappa shape index (κ1) is 13.3. The van der Waals surface area contributed by atoms with Crippen LogP contribution in [0.3, 0.4) is 0 Å². The van der Waals surface area contributed by atoms with Gasteiger partial charge in [-0.1, -0.05) is 0 Å². The number of nitrogens with one attached hydrogen (secondary N) is 2. The van der Waals surface area contributed by atoms with Crippen LogP contribution in [-0.2, 0) is 11.2 Å². The number of hydrogen-bond acceptors (Lipinski definition) is 5. The Kier molecular flexibility index (Phi) is 4.95. The Morgan fingerprint density at radius 2 is 2.44 bits per heavy atom. The molecule has 0 bridgehead atoms. The van der Waals surface area contributed by atoms with E-state index in [0.29, 0.717) is 12.5 Å². The number of hydrogen-bond donors (Lipinski definition) is 2. The number of rotatable bonds is 6. The van der Waals surface area contributed by atoms with E-state index in [1.165, 1.54) is 12.8 Å². The van der Waals surface area contributed by atoms with E-state index >= 15 is 0 Å². The van der Waals surface area contributed by atoms with Crippen LogP contribution in [0.2, 0.25) is 0 Å². The Morgan fingerprint density at radius 1 is 1.56 bits per heavy atom. The molecule has 1 aliphatic heterocycles. The van der Waals surface area contributed by atoms with E-state index in [0.717, 1.165) is 37.8 Å². The molecule has 6 heteroatoms. The summed E-state index contributed by atoms with van der Waals surface area (Å²) in [6.07, 6.45) is 3.30. The van der Waals surface area contributed by atoms with Crippen LogP contribution >= 0.6 is 0 Å². The zero-order valence-electron chi connectivity index (χ0n) is 11.3. The first-order chi connectivity index (χ1) is 8.83. The zero-order chi connectivity index (χ0) is 12.8. The van der Waals surface area contributed by atoms with Gasteiger partial charge in [-0.05, 0) is 32.4 Å². The van der Waals surface area contributed by atoms with Gasteiger partial charge in [-0.2, -0.15) is 4.98 Å². The molecule has 0 aliphatic carbocycles. The van der Waals surface area contributed by atoms with Crippen LogP contribution in [0.25, 0.3) is 0 Å². The Balaban J connectivity index is 1.91. The summed E-state index contributed by atoms with van der Waals surface area (Å²) in [5.41, 5.74) is 0. The van der Waals surface area contributed by atoms with Crippen molar-refractivity contribution in [2.45, 2.75) is 19.3 Å². The quantitative estimate of drug-likeness (QED) is 0.769. The number of aromatic amines is 1. The van der Waals surface area contributed by atoms with Crippen LogP contribution in [-0.4, -0.2) is 55.6 Å². The second-order valence-corrected chi connectivity index (χ2v) is 4.84. The lowest BCUT2D eigenvalue weighted by Crippen LogP contribution is -2.39. The highest BCUT2D eigenvalue weighted by Crippen LogP contribution is 2.19. The highest BCUT2D eigenvalue weighted by atomic mass is 16.5. The van der Waals surface area contributed by atoms with E-state index in [-0.39, 0.29) is 0 Å². The van der Waals surface area contributed by atoms with Crippen LogP contribution in [0.5, 0.6) is 0 Å². The predicted molar refractivity (Wildman–Crippen MR) is 70.8 cm³/mol. The minimum absolute atomic E-state index is 0.678. The molecule has 0 aromatic carbocycles. The molecule has 1 aliphatic rings. The molecule has 0 spiro atoms. The molecule has 1 unspecified atom stereocenters. The summed E-state index contributed by atoms with van der Waals surface area (Å²) in [6, 6.07) is 0. The summed E-state index contributed by atoms with van der Waals surface area (Å²) in [5, 5.41) is 10.5. The summed E-state index contributed by atoms with van der Waals surface area (Å²) in [7, 11) is 3.71. The highest BCUT2D eigenvalue weighted by Gasteiger charge is 2.22. The number of aromatic nitrogens is 3. The zero-order valence-corrected chi connectivity index (χ0v) is 11.3. The van der Waals surface area contributed by atoms with Crippen LogP contribution in [0.15, 0.2) is 0 Å². The number of H-pyrrole nitrogens is 1. The molecular weight excluding hydrogens is 230 g/mol. The van der Waals surface area contributed by atoms with Gasteiger partial charge in [-0.25, -0.2) is 0 Å². The molecule has 2 rings (SSSR count). The maximum atomic E-state index is 5.04. The molecule has 2 heterocycles. The van der Waals surface area contributed by atoms with Crippen molar-refractivity contribution < 1.29 is 4.74 Å². The first-order valence-corrected chi connectivity index (χ1v) is 6.63. The topological polar surface area (TPSA) is 66.1 Å². The number of piperidine rings is 1. The van der Waals surface area contributed by atoms with Crippen molar-refractivity contribution in [3.8, 4) is 0 Å². The molecule has 1 saturated heterocycles. The monoisotopic (exact) mass is 253 g/mol. The van der Waals surface area contributed by atoms with Gasteiger partial charge in [0.2, 0.25) is 5.95 Å². The molecule has 2 N–H and O–H groups in total. The summed E-state index contributed by atoms with van der Waals surface area (Å²) in [5.74, 6) is 2.44. The molecule has 0 amide bonds. The highest BCUT2D eigenvalue weighted by molar-refractivity contribution is 5.29. The molecule has 0 radical (unpaired) electrons. The Bertz CT molecular complexity index is 352. The molecule has 1 atom stereocenters. The van der Waals surface area contributed by atoms with E-state index in [9.17, 15) is 0 Å². The molecule has 6 nitrogen and oxygen atoms in total. The standard InChI is InChI=1S/C12H23N5O/c1-13-8-10-4-3-6-17(9-10)12-14-11(15-16-12)5-7-18-2/h10,13H,3-9H2,1-2H3,(H,14,15,16). The lowest BCUT2D eigenvalue weighted by molar-refractivity contribution is 0.200. The van der Waals surface area contributed by atoms with Gasteiger partial charge in [0.1, 0.15) is 5.82 Å². The smallest absolute Gasteiger partial charge is 0.244 e. The summed E-state index contributed by atoms with van der Waals surface area (Å²) in [4.78, 5) is 6.80. The minimum atomic E-state index is 0.678. The molecule has 0 saturated carbocycles. The molecule has 18 heavy (non-hydrogen) atoms. The fraction of sp³-hybridized carbons (Fsp3) is 0.833. The number of nitrogens with zero attached hydrogens (tertiary/aromatic N) is 3. The van der Waals surface area contributed by atoms with E-state index in [1.54, 1.807) is 7.11 Å². The molecule has 1 aromatic heterocycles. The van der Waals surface area contributed by atoms with E-state index in [4.69, 9.17) is 4.74 Å². The van der Waals surface area contributed by atoms with Crippen molar-refractivity contribution in [2.24, 2.45) is 5.92 Å². The van der Waals surface area contributed by atoms with Crippen LogP contribution in [0.4, 0.5) is 5.95 Å². The normalized spacial score (nSPS) is 20.3. The van der Waals surface area contributed by atoms with Crippen molar-refractivity contribution in [1.29, 1.82) is 0 Å². The SMILES string of the molecule is CNCC1CCCN(c2n[nH]c(CCOC)n2)C1. The van der Waals surface area contributed by atoms with E-state index < -0.39 is 0 Å². The largest absolute Gasteiger partial charge is 0.384 e. The Hall–Kier alpha value is -1.14. The number of anilines is 1. The first-order valence-electron chi connectivity index (χ1n) is 6.63. The third kappa shape index (κ3) is 3.43. The van der Waals surface area contributed by atoms with Gasteiger partial charge in [-0.15, -0.1) is 5.10 Å². The fourth-order valence-electron chi connectivity index (χ4n) is 2.44.